The molecule has 0 aliphatic heterocycles. The van der Waals surface area contributed by atoms with Crippen molar-refractivity contribution < 1.29 is 22.4 Å². The molecule has 0 unspecified atom stereocenters. The lowest BCUT2D eigenvalue weighted by molar-refractivity contribution is 0.481. The second kappa shape index (κ2) is 21.2. The molecule has 0 radical (unpaired) electrons. The van der Waals surface area contributed by atoms with Gasteiger partial charge in [0.1, 0.15) is 34.3 Å². The molecule has 0 atom stereocenters. The molecule has 90 heavy (non-hydrogen) atoms. The number of nitrogens with zero attached hydrogens (tertiary/aromatic N) is 2. The number of hydrogen-bond acceptors (Lipinski definition) is 5. The second-order valence-corrected chi connectivity index (χ2v) is 28.4. The number of fused-ring (bicyclic) bond motifs is 11. The van der Waals surface area contributed by atoms with E-state index in [1.54, 1.807) is 0 Å². The van der Waals surface area contributed by atoms with Crippen molar-refractivity contribution in [3.05, 3.63) is 287 Å². The second-order valence-electron chi connectivity index (χ2n) is 28.4. The van der Waals surface area contributed by atoms with Crippen molar-refractivity contribution in [2.45, 2.75) is 110 Å². The van der Waals surface area contributed by atoms with E-state index in [1.165, 1.54) is 46.5 Å². The lowest BCUT2D eigenvalue weighted by Gasteiger charge is -2.36. The summed E-state index contributed by atoms with van der Waals surface area (Å²) in [4.78, 5) is 4.45. The summed E-state index contributed by atoms with van der Waals surface area (Å²) in [5.41, 5.74) is 16.9. The highest BCUT2D eigenvalue weighted by Gasteiger charge is 2.51. The molecule has 11 aromatic carbocycles. The maximum absolute atomic E-state index is 15.4. The Morgan fingerprint density at radius 1 is 0.344 bits per heavy atom. The number of hydrogen-bond donors (Lipinski definition) is 0. The number of rotatable bonds is 10. The normalized spacial score (nSPS) is 13.3. The first-order valence-corrected chi connectivity index (χ1v) is 31.3. The van der Waals surface area contributed by atoms with Gasteiger partial charge in [-0.3, -0.25) is 0 Å². The van der Waals surface area contributed by atoms with Crippen molar-refractivity contribution in [1.29, 1.82) is 0 Å². The standard InChI is InChI=1S/C83H74F2N2O3/c1-79(2,3)51-21-23-55(24-22-51)83(56-31-47-64(48-32-56)88-63-45-29-54(30-46-63)82(10,11)12)67-49-69(86(61-41-33-57(84)34-42-61)59-37-25-52(26-38-59)80(4,5)6)77-73(65-17-13-15-19-71(65)89-77)75(67)76-68(83)50-70(78-74(76)66-18-14-16-20-72(66)90-78)87(62-43-35-58(85)36-44-62)60-39-27-53(28-40-60)81(7,8)9/h13-50H,1-12H3. The summed E-state index contributed by atoms with van der Waals surface area (Å²) in [5, 5.41) is 3.74. The minimum Gasteiger partial charge on any atom is -0.457 e. The fourth-order valence-corrected chi connectivity index (χ4v) is 13.6. The number of benzene rings is 11. The molecule has 7 heteroatoms. The predicted molar refractivity (Wildman–Crippen MR) is 369 cm³/mol. The Hall–Kier alpha value is -9.72. The Bertz CT molecular complexity index is 4630. The molecule has 0 saturated carbocycles. The topological polar surface area (TPSA) is 42.0 Å². The van der Waals surface area contributed by atoms with Crippen molar-refractivity contribution in [2.75, 3.05) is 9.80 Å². The zero-order valence-corrected chi connectivity index (χ0v) is 53.3. The Balaban J connectivity index is 1.17. The highest BCUT2D eigenvalue weighted by Crippen LogP contribution is 2.65. The molecule has 5 nitrogen and oxygen atoms in total. The Kier molecular flexibility index (Phi) is 13.7. The van der Waals surface area contributed by atoms with Gasteiger partial charge in [0.2, 0.25) is 0 Å². The van der Waals surface area contributed by atoms with Gasteiger partial charge in [-0.2, -0.15) is 0 Å². The van der Waals surface area contributed by atoms with Crippen LogP contribution in [-0.2, 0) is 27.1 Å². The summed E-state index contributed by atoms with van der Waals surface area (Å²) < 4.78 is 52.3. The van der Waals surface area contributed by atoms with E-state index in [4.69, 9.17) is 13.6 Å². The average molecular weight is 1190 g/mol. The quantitative estimate of drug-likeness (QED) is 0.136. The molecule has 2 aromatic heterocycles. The van der Waals surface area contributed by atoms with E-state index in [0.717, 1.165) is 106 Å². The summed E-state index contributed by atoms with van der Waals surface area (Å²) in [6.45, 7) is 26.7. The maximum Gasteiger partial charge on any atom is 0.160 e. The average Bonchev–Trinajstić information content (AvgIpc) is 1.50. The molecule has 1 aliphatic carbocycles. The number of anilines is 6. The lowest BCUT2D eigenvalue weighted by atomic mass is 9.67. The van der Waals surface area contributed by atoms with Gasteiger partial charge in [-0.25, -0.2) is 8.78 Å². The van der Waals surface area contributed by atoms with E-state index >= 15 is 8.78 Å². The van der Waals surface area contributed by atoms with Crippen LogP contribution in [0.2, 0.25) is 0 Å². The fourth-order valence-electron chi connectivity index (χ4n) is 13.6. The summed E-state index contributed by atoms with van der Waals surface area (Å²) in [6, 6.07) is 78.6. The van der Waals surface area contributed by atoms with Crippen molar-refractivity contribution >= 4 is 78.0 Å². The first-order chi connectivity index (χ1) is 42.9. The molecular weight excluding hydrogens is 1110 g/mol. The minimum absolute atomic E-state index is 0.0182. The molecule has 0 spiro atoms. The van der Waals surface area contributed by atoms with Crippen LogP contribution in [0.4, 0.5) is 42.9 Å². The fraction of sp³-hybridized carbons (Fsp3) is 0.205. The maximum atomic E-state index is 15.4. The summed E-state index contributed by atoms with van der Waals surface area (Å²) in [6.07, 6.45) is 0. The van der Waals surface area contributed by atoms with E-state index in [2.05, 4.69) is 238 Å². The van der Waals surface area contributed by atoms with Crippen LogP contribution in [0.5, 0.6) is 11.5 Å². The van der Waals surface area contributed by atoms with E-state index in [0.29, 0.717) is 16.9 Å². The van der Waals surface area contributed by atoms with Crippen molar-refractivity contribution in [1.82, 2.24) is 0 Å². The summed E-state index contributed by atoms with van der Waals surface area (Å²) in [5.74, 6) is 0.763. The summed E-state index contributed by atoms with van der Waals surface area (Å²) >= 11 is 0. The first-order valence-electron chi connectivity index (χ1n) is 31.3. The van der Waals surface area contributed by atoms with Crippen LogP contribution in [0, 0.1) is 11.6 Å². The zero-order valence-electron chi connectivity index (χ0n) is 53.3. The van der Waals surface area contributed by atoms with Gasteiger partial charge >= 0.3 is 0 Å². The number of halogens is 2. The Morgan fingerprint density at radius 3 is 0.978 bits per heavy atom. The third kappa shape index (κ3) is 9.81. The number of para-hydroxylation sites is 2. The molecule has 0 fully saturated rings. The van der Waals surface area contributed by atoms with Crippen LogP contribution in [-0.4, -0.2) is 0 Å². The van der Waals surface area contributed by atoms with Crippen LogP contribution >= 0.6 is 0 Å². The van der Waals surface area contributed by atoms with Crippen molar-refractivity contribution in [3.63, 3.8) is 0 Å². The zero-order chi connectivity index (χ0) is 62.8. The van der Waals surface area contributed by atoms with E-state index in [9.17, 15) is 0 Å². The van der Waals surface area contributed by atoms with Gasteiger partial charge in [0, 0.05) is 44.3 Å². The number of ether oxygens (including phenoxy) is 1. The minimum atomic E-state index is -1.12. The van der Waals surface area contributed by atoms with Gasteiger partial charge in [-0.15, -0.1) is 0 Å². The van der Waals surface area contributed by atoms with Gasteiger partial charge in [0.15, 0.2) is 11.2 Å². The van der Waals surface area contributed by atoms with Gasteiger partial charge in [-0.1, -0.05) is 192 Å². The van der Waals surface area contributed by atoms with E-state index in [-0.39, 0.29) is 33.3 Å². The van der Waals surface area contributed by atoms with Crippen LogP contribution < -0.4 is 14.5 Å². The van der Waals surface area contributed by atoms with E-state index < -0.39 is 5.41 Å². The van der Waals surface area contributed by atoms with Crippen molar-refractivity contribution in [2.24, 2.45) is 0 Å². The van der Waals surface area contributed by atoms with Gasteiger partial charge in [-0.05, 0) is 199 Å². The van der Waals surface area contributed by atoms with Gasteiger partial charge < -0.3 is 23.4 Å². The molecule has 1 aliphatic rings. The van der Waals surface area contributed by atoms with E-state index in [1.807, 2.05) is 60.7 Å². The van der Waals surface area contributed by atoms with Gasteiger partial charge in [0.05, 0.1) is 16.8 Å². The molecule has 0 saturated heterocycles. The van der Waals surface area contributed by atoms with Crippen LogP contribution in [0.1, 0.15) is 128 Å². The highest BCUT2D eigenvalue weighted by molar-refractivity contribution is 6.27. The lowest BCUT2D eigenvalue weighted by Crippen LogP contribution is -2.29. The van der Waals surface area contributed by atoms with Crippen LogP contribution in [0.25, 0.3) is 55.0 Å². The first kappa shape index (κ1) is 58.0. The molecule has 14 rings (SSSR count). The highest BCUT2D eigenvalue weighted by atomic mass is 19.1. The third-order valence-electron chi connectivity index (χ3n) is 18.4. The predicted octanol–water partition coefficient (Wildman–Crippen LogP) is 24.0. The smallest absolute Gasteiger partial charge is 0.160 e. The molecule has 2 heterocycles. The Morgan fingerprint density at radius 2 is 0.633 bits per heavy atom. The largest absolute Gasteiger partial charge is 0.457 e. The molecule has 448 valence electrons. The Labute approximate surface area is 526 Å². The van der Waals surface area contributed by atoms with Gasteiger partial charge in [0.25, 0.3) is 0 Å². The van der Waals surface area contributed by atoms with Crippen LogP contribution in [0.15, 0.2) is 239 Å². The molecule has 13 aromatic rings. The third-order valence-corrected chi connectivity index (χ3v) is 18.4. The molecular formula is C83H74F2N2O3. The molecule has 0 N–H and O–H groups in total. The summed E-state index contributed by atoms with van der Waals surface area (Å²) in [7, 11) is 0. The number of furan rings is 2. The molecule has 0 bridgehead atoms. The van der Waals surface area contributed by atoms with Crippen molar-refractivity contribution in [3.8, 4) is 22.6 Å². The monoisotopic (exact) mass is 1180 g/mol. The van der Waals surface area contributed by atoms with Crippen LogP contribution in [0.3, 0.4) is 0 Å². The molecule has 0 amide bonds. The SMILES string of the molecule is CC(C)(C)c1ccc(Oc2ccc(C3(c4ccc(C(C)(C)C)cc4)c4cc(N(c5ccc(F)cc5)c5ccc(C(C)(C)C)cc5)c5oc6ccccc6c5c4-c4c3cc(N(c3ccc(F)cc3)c3ccc(C(C)(C)C)cc3)c3oc5ccccc5c43)cc2)cc1.